The van der Waals surface area contributed by atoms with Gasteiger partial charge in [-0.05, 0) is 25.2 Å². The molecule has 0 fully saturated rings. The van der Waals surface area contributed by atoms with E-state index in [0.29, 0.717) is 17.9 Å². The summed E-state index contributed by atoms with van der Waals surface area (Å²) in [5.41, 5.74) is 0.334. The third kappa shape index (κ3) is 3.21. The van der Waals surface area contributed by atoms with Crippen LogP contribution in [0.3, 0.4) is 0 Å². The molecule has 0 saturated carbocycles. The number of hydrogen-bond acceptors (Lipinski definition) is 4. The van der Waals surface area contributed by atoms with E-state index in [1.54, 1.807) is 6.92 Å². The zero-order chi connectivity index (χ0) is 13.8. The summed E-state index contributed by atoms with van der Waals surface area (Å²) in [6.45, 7) is 1.70. The van der Waals surface area contributed by atoms with Crippen LogP contribution in [0.2, 0.25) is 0 Å². The number of amides is 1. The number of carbonyl (C=O) groups is 1. The number of anilines is 1. The van der Waals surface area contributed by atoms with Crippen molar-refractivity contribution in [1.82, 2.24) is 4.72 Å². The summed E-state index contributed by atoms with van der Waals surface area (Å²) in [6, 6.07) is 4.26. The molecule has 0 aliphatic rings. The van der Waals surface area contributed by atoms with Crippen molar-refractivity contribution in [2.75, 3.05) is 19.5 Å². The Morgan fingerprint density at radius 3 is 2.56 bits per heavy atom. The summed E-state index contributed by atoms with van der Waals surface area (Å²) in [4.78, 5) is 11.4. The average molecular weight is 272 g/mol. The first-order chi connectivity index (χ1) is 8.44. The topological polar surface area (TPSA) is 84.5 Å². The van der Waals surface area contributed by atoms with Crippen LogP contribution in [0.15, 0.2) is 23.1 Å². The Bertz CT molecular complexity index is 540. The molecule has 0 bridgehead atoms. The highest BCUT2D eigenvalue weighted by Crippen LogP contribution is 2.27. The molecule has 0 aliphatic carbocycles. The van der Waals surface area contributed by atoms with Crippen LogP contribution in [0.4, 0.5) is 5.69 Å². The Morgan fingerprint density at radius 2 is 2.06 bits per heavy atom. The SMILES string of the molecule is CCC(=O)Nc1cc(S(=O)(=O)NC)ccc1OC. The lowest BCUT2D eigenvalue weighted by atomic mass is 10.3. The van der Waals surface area contributed by atoms with E-state index in [9.17, 15) is 13.2 Å². The molecule has 18 heavy (non-hydrogen) atoms. The molecule has 0 unspecified atom stereocenters. The number of benzene rings is 1. The molecule has 0 saturated heterocycles. The van der Waals surface area contributed by atoms with Gasteiger partial charge in [0.25, 0.3) is 0 Å². The van der Waals surface area contributed by atoms with E-state index in [4.69, 9.17) is 4.74 Å². The van der Waals surface area contributed by atoms with Crippen LogP contribution in [0.5, 0.6) is 5.75 Å². The molecule has 0 atom stereocenters. The quantitative estimate of drug-likeness (QED) is 0.836. The lowest BCUT2D eigenvalue weighted by Crippen LogP contribution is -2.19. The van der Waals surface area contributed by atoms with Crippen molar-refractivity contribution in [3.8, 4) is 5.75 Å². The number of sulfonamides is 1. The van der Waals surface area contributed by atoms with Crippen molar-refractivity contribution in [2.45, 2.75) is 18.2 Å². The number of carbonyl (C=O) groups excluding carboxylic acids is 1. The van der Waals surface area contributed by atoms with Crippen molar-refractivity contribution < 1.29 is 17.9 Å². The Balaban J connectivity index is 3.22. The van der Waals surface area contributed by atoms with Crippen LogP contribution in [0.25, 0.3) is 0 Å². The fourth-order valence-corrected chi connectivity index (χ4v) is 2.06. The Kier molecular flexibility index (Phi) is 4.69. The molecule has 1 amide bonds. The zero-order valence-corrected chi connectivity index (χ0v) is 11.3. The minimum Gasteiger partial charge on any atom is -0.495 e. The van der Waals surface area contributed by atoms with Crippen LogP contribution in [-0.4, -0.2) is 28.5 Å². The monoisotopic (exact) mass is 272 g/mol. The average Bonchev–Trinajstić information content (AvgIpc) is 2.38. The lowest BCUT2D eigenvalue weighted by Gasteiger charge is -2.11. The molecule has 0 heterocycles. The van der Waals surface area contributed by atoms with Crippen LogP contribution >= 0.6 is 0 Å². The fraction of sp³-hybridized carbons (Fsp3) is 0.364. The second kappa shape index (κ2) is 5.83. The summed E-state index contributed by atoms with van der Waals surface area (Å²) in [5, 5.41) is 2.59. The molecule has 0 radical (unpaired) electrons. The van der Waals surface area contributed by atoms with Gasteiger partial charge in [-0.1, -0.05) is 6.92 Å². The minimum atomic E-state index is -3.55. The first-order valence-corrected chi connectivity index (χ1v) is 6.84. The van der Waals surface area contributed by atoms with Crippen LogP contribution in [-0.2, 0) is 14.8 Å². The van der Waals surface area contributed by atoms with Gasteiger partial charge in [0.1, 0.15) is 5.75 Å². The fourth-order valence-electron chi connectivity index (χ4n) is 1.31. The highest BCUT2D eigenvalue weighted by Gasteiger charge is 2.15. The number of methoxy groups -OCH3 is 1. The third-order valence-electron chi connectivity index (χ3n) is 2.35. The second-order valence-corrected chi connectivity index (χ2v) is 5.36. The van der Waals surface area contributed by atoms with E-state index in [1.165, 1.54) is 32.4 Å². The van der Waals surface area contributed by atoms with Gasteiger partial charge in [-0.3, -0.25) is 4.79 Å². The van der Waals surface area contributed by atoms with E-state index >= 15 is 0 Å². The van der Waals surface area contributed by atoms with Crippen LogP contribution in [0, 0.1) is 0 Å². The molecule has 1 rings (SSSR count). The van der Waals surface area contributed by atoms with E-state index in [2.05, 4.69) is 10.0 Å². The van der Waals surface area contributed by atoms with Crippen molar-refractivity contribution in [1.29, 1.82) is 0 Å². The van der Waals surface area contributed by atoms with Gasteiger partial charge in [-0.2, -0.15) is 0 Å². The van der Waals surface area contributed by atoms with E-state index in [1.807, 2.05) is 0 Å². The van der Waals surface area contributed by atoms with Gasteiger partial charge in [0.15, 0.2) is 0 Å². The normalized spacial score (nSPS) is 11.1. The predicted octanol–water partition coefficient (Wildman–Crippen LogP) is 0.952. The second-order valence-electron chi connectivity index (χ2n) is 3.47. The van der Waals surface area contributed by atoms with Gasteiger partial charge < -0.3 is 10.1 Å². The smallest absolute Gasteiger partial charge is 0.240 e. The number of rotatable bonds is 5. The maximum absolute atomic E-state index is 11.6. The van der Waals surface area contributed by atoms with Crippen molar-refractivity contribution >= 4 is 21.6 Å². The van der Waals surface area contributed by atoms with Gasteiger partial charge in [0.2, 0.25) is 15.9 Å². The number of nitrogens with one attached hydrogen (secondary N) is 2. The van der Waals surface area contributed by atoms with Gasteiger partial charge in [0.05, 0.1) is 17.7 Å². The van der Waals surface area contributed by atoms with E-state index in [0.717, 1.165) is 0 Å². The summed E-state index contributed by atoms with van der Waals surface area (Å²) < 4.78 is 30.6. The van der Waals surface area contributed by atoms with Crippen LogP contribution < -0.4 is 14.8 Å². The standard InChI is InChI=1S/C11H16N2O4S/c1-4-11(14)13-9-7-8(18(15,16)12-2)5-6-10(9)17-3/h5-7,12H,4H2,1-3H3,(H,13,14). The van der Waals surface area contributed by atoms with E-state index < -0.39 is 10.0 Å². The first kappa shape index (κ1) is 14.5. The summed E-state index contributed by atoms with van der Waals surface area (Å²) in [5.74, 6) is 0.194. The number of hydrogen-bond donors (Lipinski definition) is 2. The molecule has 0 aliphatic heterocycles. The van der Waals surface area contributed by atoms with Gasteiger partial charge in [-0.25, -0.2) is 13.1 Å². The molecule has 7 heteroatoms. The Hall–Kier alpha value is -1.60. The molecule has 0 spiro atoms. The Labute approximate surface area is 106 Å². The molecule has 0 aromatic heterocycles. The lowest BCUT2D eigenvalue weighted by molar-refractivity contribution is -0.115. The highest BCUT2D eigenvalue weighted by molar-refractivity contribution is 7.89. The largest absolute Gasteiger partial charge is 0.495 e. The zero-order valence-electron chi connectivity index (χ0n) is 10.5. The Morgan fingerprint density at radius 1 is 1.39 bits per heavy atom. The highest BCUT2D eigenvalue weighted by atomic mass is 32.2. The van der Waals surface area contributed by atoms with Crippen molar-refractivity contribution in [3.05, 3.63) is 18.2 Å². The van der Waals surface area contributed by atoms with E-state index in [-0.39, 0.29) is 10.8 Å². The minimum absolute atomic E-state index is 0.0669. The van der Waals surface area contributed by atoms with Crippen LogP contribution in [0.1, 0.15) is 13.3 Å². The third-order valence-corrected chi connectivity index (χ3v) is 3.76. The van der Waals surface area contributed by atoms with Crippen molar-refractivity contribution in [2.24, 2.45) is 0 Å². The molecule has 100 valence electrons. The molecular weight excluding hydrogens is 256 g/mol. The summed E-state index contributed by atoms with van der Waals surface area (Å²) >= 11 is 0. The summed E-state index contributed by atoms with van der Waals surface area (Å²) in [6.07, 6.45) is 0.298. The van der Waals surface area contributed by atoms with Gasteiger partial charge in [0, 0.05) is 6.42 Å². The summed E-state index contributed by atoms with van der Waals surface area (Å²) in [7, 11) is -0.774. The maximum Gasteiger partial charge on any atom is 0.240 e. The first-order valence-electron chi connectivity index (χ1n) is 5.36. The van der Waals surface area contributed by atoms with Gasteiger partial charge in [-0.15, -0.1) is 0 Å². The van der Waals surface area contributed by atoms with Gasteiger partial charge >= 0.3 is 0 Å². The molecule has 6 nitrogen and oxygen atoms in total. The molecule has 1 aromatic rings. The molecular formula is C11H16N2O4S. The molecule has 1 aromatic carbocycles. The maximum atomic E-state index is 11.6. The number of ether oxygens (including phenoxy) is 1. The molecule has 2 N–H and O–H groups in total. The van der Waals surface area contributed by atoms with Crippen molar-refractivity contribution in [3.63, 3.8) is 0 Å². The predicted molar refractivity (Wildman–Crippen MR) is 68.2 cm³/mol.